The SMILES string of the molecule is CCC(=O)N1CC(c2ccc(Nc3cc(N(C)c4cccc5[nH]ccc45)c(C(N)=O)cn3)cc2)C1. The van der Waals surface area contributed by atoms with E-state index >= 15 is 0 Å². The lowest BCUT2D eigenvalue weighted by molar-refractivity contribution is -0.135. The summed E-state index contributed by atoms with van der Waals surface area (Å²) in [5, 5.41) is 4.37. The van der Waals surface area contributed by atoms with Crippen molar-refractivity contribution in [1.82, 2.24) is 14.9 Å². The molecular formula is C27H28N6O2. The molecule has 0 spiro atoms. The number of nitrogens with two attached hydrogens (primary N) is 1. The van der Waals surface area contributed by atoms with Gasteiger partial charge in [0.25, 0.3) is 5.91 Å². The molecule has 0 atom stereocenters. The molecule has 8 nitrogen and oxygen atoms in total. The van der Waals surface area contributed by atoms with Crippen molar-refractivity contribution in [3.63, 3.8) is 0 Å². The summed E-state index contributed by atoms with van der Waals surface area (Å²) in [5.41, 5.74) is 10.7. The van der Waals surface area contributed by atoms with Crippen molar-refractivity contribution in [3.8, 4) is 0 Å². The molecule has 0 unspecified atom stereocenters. The van der Waals surface area contributed by atoms with Gasteiger partial charge in [-0.1, -0.05) is 25.1 Å². The van der Waals surface area contributed by atoms with Crippen LogP contribution in [0.3, 0.4) is 0 Å². The zero-order valence-corrected chi connectivity index (χ0v) is 19.8. The van der Waals surface area contributed by atoms with Crippen LogP contribution in [0.15, 0.2) is 67.0 Å². The summed E-state index contributed by atoms with van der Waals surface area (Å²) < 4.78 is 0. The Morgan fingerprint density at radius 3 is 2.63 bits per heavy atom. The van der Waals surface area contributed by atoms with Gasteiger partial charge in [-0.15, -0.1) is 0 Å². The Morgan fingerprint density at radius 2 is 1.91 bits per heavy atom. The molecule has 178 valence electrons. The molecule has 3 heterocycles. The van der Waals surface area contributed by atoms with E-state index in [1.165, 1.54) is 11.8 Å². The standard InChI is InChI=1S/C27H28N6O2/c1-3-26(34)33-15-18(16-33)17-7-9-19(10-8-17)31-25-13-24(21(14-30-25)27(28)35)32(2)23-6-4-5-22-20(23)11-12-29-22/h4-14,18,29H,3,15-16H2,1-2H3,(H2,28,35)(H,30,31). The van der Waals surface area contributed by atoms with Crippen LogP contribution in [-0.2, 0) is 4.79 Å². The molecular weight excluding hydrogens is 440 g/mol. The number of H-pyrrole nitrogens is 1. The maximum absolute atomic E-state index is 12.2. The van der Waals surface area contributed by atoms with Gasteiger partial charge in [0.1, 0.15) is 5.82 Å². The number of nitrogens with zero attached hydrogens (tertiary/aromatic N) is 3. The van der Waals surface area contributed by atoms with Crippen LogP contribution in [0, 0.1) is 0 Å². The van der Waals surface area contributed by atoms with E-state index < -0.39 is 5.91 Å². The van der Waals surface area contributed by atoms with E-state index in [1.54, 1.807) is 0 Å². The van der Waals surface area contributed by atoms with Gasteiger partial charge in [0, 0.05) is 67.5 Å². The van der Waals surface area contributed by atoms with Crippen LogP contribution in [-0.4, -0.2) is 46.8 Å². The first-order valence-electron chi connectivity index (χ1n) is 11.7. The second kappa shape index (κ2) is 9.13. The normalized spacial score (nSPS) is 13.5. The van der Waals surface area contributed by atoms with Crippen LogP contribution >= 0.6 is 0 Å². The number of fused-ring (bicyclic) bond motifs is 1. The predicted molar refractivity (Wildman–Crippen MR) is 138 cm³/mol. The van der Waals surface area contributed by atoms with Crippen molar-refractivity contribution in [3.05, 3.63) is 78.1 Å². The minimum Gasteiger partial charge on any atom is -0.365 e. The minimum atomic E-state index is -0.535. The average molecular weight is 469 g/mol. The van der Waals surface area contributed by atoms with Crippen LogP contribution in [0.1, 0.15) is 35.2 Å². The number of hydrogen-bond donors (Lipinski definition) is 3. The van der Waals surface area contributed by atoms with Gasteiger partial charge in [0.05, 0.1) is 16.9 Å². The van der Waals surface area contributed by atoms with Crippen molar-refractivity contribution < 1.29 is 9.59 Å². The number of rotatable bonds is 7. The monoisotopic (exact) mass is 468 g/mol. The van der Waals surface area contributed by atoms with Gasteiger partial charge in [-0.3, -0.25) is 9.59 Å². The second-order valence-electron chi connectivity index (χ2n) is 8.82. The number of carbonyl (C=O) groups is 2. The maximum atomic E-state index is 12.2. The number of pyridine rings is 1. The van der Waals surface area contributed by atoms with E-state index in [1.807, 2.05) is 72.4 Å². The van der Waals surface area contributed by atoms with E-state index in [2.05, 4.69) is 27.4 Å². The number of carbonyl (C=O) groups excluding carboxylic acids is 2. The minimum absolute atomic E-state index is 0.207. The molecule has 0 radical (unpaired) electrons. The lowest BCUT2D eigenvalue weighted by atomic mass is 9.91. The molecule has 1 fully saturated rings. The van der Waals surface area contributed by atoms with Crippen molar-refractivity contribution in [1.29, 1.82) is 0 Å². The first-order chi connectivity index (χ1) is 16.9. The fourth-order valence-corrected chi connectivity index (χ4v) is 4.57. The number of likely N-dealkylation sites (tertiary alicyclic amines) is 1. The van der Waals surface area contributed by atoms with Crippen LogP contribution < -0.4 is 16.0 Å². The van der Waals surface area contributed by atoms with Gasteiger partial charge in [-0.25, -0.2) is 4.98 Å². The zero-order valence-electron chi connectivity index (χ0n) is 19.8. The van der Waals surface area contributed by atoms with Crippen LogP contribution in [0.2, 0.25) is 0 Å². The highest BCUT2D eigenvalue weighted by Crippen LogP contribution is 2.34. The van der Waals surface area contributed by atoms with Gasteiger partial charge >= 0.3 is 0 Å². The van der Waals surface area contributed by atoms with Crippen LogP contribution in [0.5, 0.6) is 0 Å². The van der Waals surface area contributed by atoms with Crippen LogP contribution in [0.25, 0.3) is 10.9 Å². The molecule has 1 aliphatic rings. The van der Waals surface area contributed by atoms with E-state index in [0.717, 1.165) is 35.4 Å². The third-order valence-electron chi connectivity index (χ3n) is 6.63. The third-order valence-corrected chi connectivity index (χ3v) is 6.63. The van der Waals surface area contributed by atoms with Gasteiger partial charge in [-0.05, 0) is 35.9 Å². The summed E-state index contributed by atoms with van der Waals surface area (Å²) in [6.07, 6.45) is 3.95. The Labute approximate surface area is 203 Å². The molecule has 2 aromatic heterocycles. The Hall–Kier alpha value is -4.33. The highest BCUT2D eigenvalue weighted by atomic mass is 16.2. The molecule has 4 N–H and O–H groups in total. The largest absolute Gasteiger partial charge is 0.365 e. The number of amides is 2. The molecule has 8 heteroatoms. The molecule has 0 saturated carbocycles. The number of aromatic nitrogens is 2. The Balaban J connectivity index is 1.37. The molecule has 4 aromatic rings. The average Bonchev–Trinajstić information content (AvgIpc) is 3.32. The summed E-state index contributed by atoms with van der Waals surface area (Å²) in [6, 6.07) is 18.0. The van der Waals surface area contributed by atoms with Gasteiger partial charge in [0.2, 0.25) is 5.91 Å². The number of aromatic amines is 1. The number of hydrogen-bond acceptors (Lipinski definition) is 5. The summed E-state index contributed by atoms with van der Waals surface area (Å²) in [6.45, 7) is 3.45. The van der Waals surface area contributed by atoms with Crippen molar-refractivity contribution in [2.75, 3.05) is 30.4 Å². The molecule has 1 saturated heterocycles. The fraction of sp³-hybridized carbons (Fsp3) is 0.222. The number of primary amides is 1. The lowest BCUT2D eigenvalue weighted by Crippen LogP contribution is -2.48. The summed E-state index contributed by atoms with van der Waals surface area (Å²) in [7, 11) is 1.91. The van der Waals surface area contributed by atoms with Crippen molar-refractivity contribution in [2.45, 2.75) is 19.3 Å². The topological polar surface area (TPSA) is 107 Å². The maximum Gasteiger partial charge on any atom is 0.252 e. The second-order valence-corrected chi connectivity index (χ2v) is 8.82. The number of anilines is 4. The van der Waals surface area contributed by atoms with Gasteiger partial charge in [0.15, 0.2) is 0 Å². The predicted octanol–water partition coefficient (Wildman–Crippen LogP) is 4.51. The first-order valence-corrected chi connectivity index (χ1v) is 11.7. The Bertz CT molecular complexity index is 1390. The van der Waals surface area contributed by atoms with Gasteiger partial charge < -0.3 is 25.8 Å². The molecule has 1 aliphatic heterocycles. The van der Waals surface area contributed by atoms with E-state index in [4.69, 9.17) is 5.73 Å². The van der Waals surface area contributed by atoms with Gasteiger partial charge in [-0.2, -0.15) is 0 Å². The molecule has 35 heavy (non-hydrogen) atoms. The fourth-order valence-electron chi connectivity index (χ4n) is 4.57. The smallest absolute Gasteiger partial charge is 0.252 e. The van der Waals surface area contributed by atoms with Crippen LogP contribution in [0.4, 0.5) is 22.9 Å². The lowest BCUT2D eigenvalue weighted by Gasteiger charge is -2.39. The van der Waals surface area contributed by atoms with Crippen molar-refractivity contribution in [2.24, 2.45) is 5.73 Å². The number of nitrogens with one attached hydrogen (secondary N) is 2. The molecule has 2 aromatic carbocycles. The van der Waals surface area contributed by atoms with E-state index in [0.29, 0.717) is 29.4 Å². The molecule has 0 aliphatic carbocycles. The molecule has 0 bridgehead atoms. The third kappa shape index (κ3) is 4.30. The number of benzene rings is 2. The Kier molecular flexibility index (Phi) is 5.86. The summed E-state index contributed by atoms with van der Waals surface area (Å²) >= 11 is 0. The van der Waals surface area contributed by atoms with Crippen molar-refractivity contribution >= 4 is 45.6 Å². The first kappa shape index (κ1) is 22.5. The molecule has 5 rings (SSSR count). The summed E-state index contributed by atoms with van der Waals surface area (Å²) in [4.78, 5) is 35.4. The molecule has 2 amide bonds. The quantitative estimate of drug-likeness (QED) is 0.370. The highest BCUT2D eigenvalue weighted by molar-refractivity contribution is 6.02. The van der Waals surface area contributed by atoms with E-state index in [-0.39, 0.29) is 5.91 Å². The van der Waals surface area contributed by atoms with E-state index in [9.17, 15) is 9.59 Å². The summed E-state index contributed by atoms with van der Waals surface area (Å²) in [5.74, 6) is 0.657. The zero-order chi connectivity index (χ0) is 24.5. The highest BCUT2D eigenvalue weighted by Gasteiger charge is 2.30. The Morgan fingerprint density at radius 1 is 1.14 bits per heavy atom.